The molecule has 0 atom stereocenters. The molecule has 0 nitrogen and oxygen atoms in total. The molecule has 0 aliphatic carbocycles. The minimum atomic E-state index is -2.23. The van der Waals surface area contributed by atoms with Gasteiger partial charge in [0.1, 0.15) is 0 Å². The predicted octanol–water partition coefficient (Wildman–Crippen LogP) is 7.07. The van der Waals surface area contributed by atoms with Gasteiger partial charge in [-0.1, -0.05) is 0 Å². The van der Waals surface area contributed by atoms with E-state index in [2.05, 4.69) is 40.4 Å². The fraction of sp³-hybridized carbons (Fsp3) is 1.00. The number of unbranched alkanes of at least 4 members (excludes halogenated alkanes) is 4. The number of alkyl halides is 4. The van der Waals surface area contributed by atoms with Crippen LogP contribution in [0.5, 0.6) is 0 Å². The molecule has 0 aliphatic heterocycles. The number of hydrogen-bond acceptors (Lipinski definition) is 0. The van der Waals surface area contributed by atoms with Crippen LogP contribution in [0.1, 0.15) is 79.1 Å². The summed E-state index contributed by atoms with van der Waals surface area (Å²) < 4.78 is 6.23. The molecule has 0 bridgehead atoms. The van der Waals surface area contributed by atoms with Gasteiger partial charge in [0.2, 0.25) is 0 Å². The summed E-state index contributed by atoms with van der Waals surface area (Å²) in [5, 5.41) is 0. The molecule has 2 heteroatoms. The second-order valence-corrected chi connectivity index (χ2v) is 30.2. The maximum atomic E-state index is 4.48. The average Bonchev–Trinajstić information content (AvgIpc) is 2.40. The van der Waals surface area contributed by atoms with Gasteiger partial charge >= 0.3 is 124 Å². The van der Waals surface area contributed by atoms with E-state index >= 15 is 0 Å². The third kappa shape index (κ3) is 7.12. The third-order valence-corrected chi connectivity index (χ3v) is 25.7. The summed E-state index contributed by atoms with van der Waals surface area (Å²) >= 11 is 2.25. The van der Waals surface area contributed by atoms with Gasteiger partial charge in [0, 0.05) is 0 Å². The summed E-state index contributed by atoms with van der Waals surface area (Å²) in [7, 11) is 0. The Hall–Kier alpha value is 1.21. The first-order valence-corrected chi connectivity index (χ1v) is 19.0. The van der Waals surface area contributed by atoms with Crippen LogP contribution in [0.4, 0.5) is 0 Å². The molecule has 0 aromatic heterocycles. The first kappa shape index (κ1) is 19.2. The number of halogens is 2. The molecule has 0 unspecified atom stereocenters. The Morgan fingerprint density at radius 2 is 0.778 bits per heavy atom. The first-order chi connectivity index (χ1) is 8.54. The Labute approximate surface area is 123 Å². The molecule has 0 amide bonds. The standard InChI is InChI=1S/C16H36BrI/c1-5-9-13-18(17,14-10-6-2,15-11-7-3)16-12-8-4/h5-16H2,1-4H3. The second-order valence-electron chi connectivity index (χ2n) is 5.71. The topological polar surface area (TPSA) is 0 Å². The summed E-state index contributed by atoms with van der Waals surface area (Å²) in [5.41, 5.74) is 0. The van der Waals surface area contributed by atoms with Crippen molar-refractivity contribution >= 4 is 27.5 Å². The van der Waals surface area contributed by atoms with Gasteiger partial charge in [-0.15, -0.1) is 0 Å². The van der Waals surface area contributed by atoms with E-state index in [0.29, 0.717) is 0 Å². The van der Waals surface area contributed by atoms with Crippen LogP contribution in [0.2, 0.25) is 0 Å². The zero-order chi connectivity index (χ0) is 13.9. The van der Waals surface area contributed by atoms with E-state index in [1.165, 1.54) is 51.4 Å². The van der Waals surface area contributed by atoms with Crippen molar-refractivity contribution in [1.82, 2.24) is 0 Å². The van der Waals surface area contributed by atoms with Gasteiger partial charge in [-0.2, -0.15) is 0 Å². The van der Waals surface area contributed by atoms with Crippen LogP contribution in [0.15, 0.2) is 0 Å². The molecule has 0 heterocycles. The van der Waals surface area contributed by atoms with Gasteiger partial charge in [0.05, 0.1) is 0 Å². The van der Waals surface area contributed by atoms with Gasteiger partial charge in [0.25, 0.3) is 0 Å². The Bertz CT molecular complexity index is 160. The van der Waals surface area contributed by atoms with Gasteiger partial charge in [-0.05, 0) is 0 Å². The van der Waals surface area contributed by atoms with Crippen molar-refractivity contribution in [3.63, 3.8) is 0 Å². The van der Waals surface area contributed by atoms with E-state index in [9.17, 15) is 0 Å². The molecule has 114 valence electrons. The number of rotatable bonds is 12. The Morgan fingerprint density at radius 1 is 0.556 bits per heavy atom. The zero-order valence-corrected chi connectivity index (χ0v) is 17.0. The molecular weight excluding hydrogens is 399 g/mol. The van der Waals surface area contributed by atoms with Gasteiger partial charge in [-0.25, -0.2) is 0 Å². The van der Waals surface area contributed by atoms with Crippen molar-refractivity contribution in [3.8, 4) is 0 Å². The van der Waals surface area contributed by atoms with E-state index in [0.717, 1.165) is 0 Å². The molecule has 0 aliphatic rings. The molecule has 0 saturated carbocycles. The molecule has 18 heavy (non-hydrogen) atoms. The summed E-state index contributed by atoms with van der Waals surface area (Å²) in [6.45, 7) is 9.40. The first-order valence-electron chi connectivity index (χ1n) is 8.04. The fourth-order valence-corrected chi connectivity index (χ4v) is 22.0. The molecule has 0 rings (SSSR count). The van der Waals surface area contributed by atoms with Crippen molar-refractivity contribution in [2.45, 2.75) is 79.1 Å². The Kier molecular flexibility index (Phi) is 10.7. The van der Waals surface area contributed by atoms with Crippen LogP contribution in [-0.4, -0.2) is 17.7 Å². The summed E-state index contributed by atoms with van der Waals surface area (Å²) in [4.78, 5) is 0. The molecule has 0 saturated heterocycles. The third-order valence-electron chi connectivity index (χ3n) is 3.84. The summed E-state index contributed by atoms with van der Waals surface area (Å²) in [6.07, 6.45) is 11.3. The van der Waals surface area contributed by atoms with Gasteiger partial charge in [0.15, 0.2) is 0 Å². The van der Waals surface area contributed by atoms with Crippen molar-refractivity contribution in [3.05, 3.63) is 0 Å². The van der Waals surface area contributed by atoms with Gasteiger partial charge < -0.3 is 0 Å². The molecule has 0 aromatic carbocycles. The molecule has 0 N–H and O–H groups in total. The average molecular weight is 435 g/mol. The minimum absolute atomic E-state index is 1.37. The molecule has 0 aromatic rings. The van der Waals surface area contributed by atoms with Crippen LogP contribution in [0, 0.1) is 0 Å². The van der Waals surface area contributed by atoms with Crippen molar-refractivity contribution in [2.75, 3.05) is 17.7 Å². The van der Waals surface area contributed by atoms with Crippen LogP contribution in [0.25, 0.3) is 0 Å². The van der Waals surface area contributed by atoms with Crippen molar-refractivity contribution in [2.24, 2.45) is 0 Å². The SMILES string of the molecule is CCCCI(Br)(CCCC)(CCCC)CCCC. The van der Waals surface area contributed by atoms with E-state index in [-0.39, 0.29) is 0 Å². The van der Waals surface area contributed by atoms with Gasteiger partial charge in [-0.3, -0.25) is 0 Å². The normalized spacial score (nSPS) is 14.4. The molecule has 0 radical (unpaired) electrons. The van der Waals surface area contributed by atoms with E-state index in [1.807, 2.05) is 0 Å². The van der Waals surface area contributed by atoms with Crippen LogP contribution in [-0.2, 0) is 0 Å². The van der Waals surface area contributed by atoms with Crippen LogP contribution in [0.3, 0.4) is 0 Å². The quantitative estimate of drug-likeness (QED) is 0.227. The Balaban J connectivity index is 4.82. The predicted molar refractivity (Wildman–Crippen MR) is 102 cm³/mol. The number of hydrogen-bond donors (Lipinski definition) is 0. The fourth-order valence-electron chi connectivity index (χ4n) is 2.44. The molecule has 0 spiro atoms. The maximum absolute atomic E-state index is 4.48. The van der Waals surface area contributed by atoms with Crippen molar-refractivity contribution < 1.29 is 0 Å². The van der Waals surface area contributed by atoms with Crippen LogP contribution >= 0.6 is 27.5 Å². The molecule has 0 fully saturated rings. The summed E-state index contributed by atoms with van der Waals surface area (Å²) in [5.74, 6) is 0. The zero-order valence-electron chi connectivity index (χ0n) is 13.2. The van der Waals surface area contributed by atoms with Crippen molar-refractivity contribution in [1.29, 1.82) is 0 Å². The Morgan fingerprint density at radius 3 is 0.944 bits per heavy atom. The second kappa shape index (κ2) is 10.0. The van der Waals surface area contributed by atoms with E-state index in [4.69, 9.17) is 0 Å². The van der Waals surface area contributed by atoms with E-state index in [1.54, 1.807) is 17.7 Å². The monoisotopic (exact) mass is 434 g/mol. The van der Waals surface area contributed by atoms with Crippen LogP contribution < -0.4 is 0 Å². The van der Waals surface area contributed by atoms with E-state index < -0.39 is 14.8 Å². The summed E-state index contributed by atoms with van der Waals surface area (Å²) in [6, 6.07) is 0. The molecular formula is C16H36BrI.